The van der Waals surface area contributed by atoms with Gasteiger partial charge in [0, 0.05) is 17.2 Å². The Morgan fingerprint density at radius 1 is 0.882 bits per heavy atom. The number of nitrogen functional groups attached to an aromatic ring is 1. The van der Waals surface area contributed by atoms with Gasteiger partial charge in [-0.25, -0.2) is 9.97 Å². The van der Waals surface area contributed by atoms with Crippen molar-refractivity contribution in [3.63, 3.8) is 0 Å². The first-order valence-corrected chi connectivity index (χ1v) is 10.4. The number of rotatable bonds is 4. The molecule has 2 heterocycles. The zero-order chi connectivity index (χ0) is 24.0. The van der Waals surface area contributed by atoms with Crippen LogP contribution in [0.15, 0.2) is 53.9 Å². The van der Waals surface area contributed by atoms with Crippen LogP contribution >= 0.6 is 0 Å². The molecule has 9 heteroatoms. The van der Waals surface area contributed by atoms with E-state index in [-0.39, 0.29) is 11.5 Å². The molecular formula is C25H21N5O4. The second kappa shape index (κ2) is 8.01. The normalized spacial score (nSPS) is 14.9. The number of nitrogens with two attached hydrogens (primary N) is 2. The highest BCUT2D eigenvalue weighted by molar-refractivity contribution is 5.94. The number of allylic oxidation sites excluding steroid dienone is 1. The number of nitriles is 1. The summed E-state index contributed by atoms with van der Waals surface area (Å²) < 4.78 is 22.5. The highest BCUT2D eigenvalue weighted by atomic mass is 16.5. The van der Waals surface area contributed by atoms with Gasteiger partial charge in [0.05, 0.1) is 55.0 Å². The van der Waals surface area contributed by atoms with Gasteiger partial charge in [0.25, 0.3) is 0 Å². The minimum atomic E-state index is -0.704. The van der Waals surface area contributed by atoms with Gasteiger partial charge >= 0.3 is 0 Å². The smallest absolute Gasteiger partial charge is 0.205 e. The third kappa shape index (κ3) is 3.08. The number of hydrogen-bond donors (Lipinski definition) is 2. The number of fused-ring (bicyclic) bond motifs is 4. The molecule has 0 bridgehead atoms. The average Bonchev–Trinajstić information content (AvgIpc) is 2.86. The van der Waals surface area contributed by atoms with Crippen LogP contribution in [0, 0.1) is 11.3 Å². The second-order valence-electron chi connectivity index (χ2n) is 7.66. The van der Waals surface area contributed by atoms with E-state index in [1.807, 2.05) is 24.3 Å². The van der Waals surface area contributed by atoms with Gasteiger partial charge in [-0.1, -0.05) is 12.1 Å². The molecule has 4 N–H and O–H groups in total. The van der Waals surface area contributed by atoms with Gasteiger partial charge in [-0.15, -0.1) is 0 Å². The van der Waals surface area contributed by atoms with Crippen molar-refractivity contribution in [1.82, 2.24) is 9.97 Å². The lowest BCUT2D eigenvalue weighted by Gasteiger charge is -2.29. The fraction of sp³-hybridized carbons (Fsp3) is 0.160. The highest BCUT2D eigenvalue weighted by Crippen LogP contribution is 2.51. The van der Waals surface area contributed by atoms with Crippen LogP contribution in [0.5, 0.6) is 23.0 Å². The third-order valence-electron chi connectivity index (χ3n) is 5.87. The van der Waals surface area contributed by atoms with E-state index >= 15 is 0 Å². The van der Waals surface area contributed by atoms with E-state index in [4.69, 9.17) is 40.4 Å². The standard InChI is InChI=1S/C25H21N5O4/c1-31-18-10-20(33-3)19(32-2)8-12(18)21-13(11-26)25(28)34-24-14(27)9-17-23(22(21)24)30-16-7-5-4-6-15(16)29-17/h4-10,21H,27-28H2,1-3H3. The Hall–Kier alpha value is -4.71. The number of para-hydroxylation sites is 2. The van der Waals surface area contributed by atoms with Crippen LogP contribution in [0.4, 0.5) is 5.69 Å². The Balaban J connectivity index is 1.91. The number of ether oxygens (including phenoxy) is 4. The van der Waals surface area contributed by atoms with Crippen molar-refractivity contribution in [1.29, 1.82) is 5.26 Å². The summed E-state index contributed by atoms with van der Waals surface area (Å²) in [4.78, 5) is 9.61. The maximum Gasteiger partial charge on any atom is 0.205 e. The number of anilines is 1. The third-order valence-corrected chi connectivity index (χ3v) is 5.87. The number of benzene rings is 3. The molecule has 1 unspecified atom stereocenters. The minimum Gasteiger partial charge on any atom is -0.496 e. The summed E-state index contributed by atoms with van der Waals surface area (Å²) in [7, 11) is 4.61. The predicted octanol–water partition coefficient (Wildman–Crippen LogP) is 3.61. The molecule has 4 aromatic rings. The van der Waals surface area contributed by atoms with E-state index in [0.29, 0.717) is 56.4 Å². The van der Waals surface area contributed by atoms with Crippen LogP contribution in [-0.2, 0) is 0 Å². The van der Waals surface area contributed by atoms with Crippen molar-refractivity contribution in [2.75, 3.05) is 27.1 Å². The van der Waals surface area contributed by atoms with Gasteiger partial charge in [0.2, 0.25) is 5.88 Å². The fourth-order valence-electron chi connectivity index (χ4n) is 4.33. The average molecular weight is 455 g/mol. The number of nitrogens with zero attached hydrogens (tertiary/aromatic N) is 3. The summed E-state index contributed by atoms with van der Waals surface area (Å²) in [6.45, 7) is 0. The summed E-state index contributed by atoms with van der Waals surface area (Å²) >= 11 is 0. The summed E-state index contributed by atoms with van der Waals surface area (Å²) in [5, 5.41) is 10.1. The summed E-state index contributed by atoms with van der Waals surface area (Å²) in [6.07, 6.45) is 0. The van der Waals surface area contributed by atoms with E-state index in [1.54, 1.807) is 18.2 Å². The number of methoxy groups -OCH3 is 3. The van der Waals surface area contributed by atoms with Crippen LogP contribution in [0.1, 0.15) is 17.0 Å². The molecule has 0 saturated heterocycles. The zero-order valence-corrected chi connectivity index (χ0v) is 18.7. The van der Waals surface area contributed by atoms with Gasteiger partial charge in [-0.3, -0.25) is 0 Å². The molecular weight excluding hydrogens is 434 g/mol. The molecule has 0 amide bonds. The summed E-state index contributed by atoms with van der Waals surface area (Å²) in [6, 6.07) is 14.9. The minimum absolute atomic E-state index is 0.0448. The van der Waals surface area contributed by atoms with Gasteiger partial charge in [-0.05, 0) is 24.3 Å². The Morgan fingerprint density at radius 3 is 2.18 bits per heavy atom. The monoisotopic (exact) mass is 455 g/mol. The molecule has 3 aromatic carbocycles. The van der Waals surface area contributed by atoms with Gasteiger partial charge < -0.3 is 30.4 Å². The summed E-state index contributed by atoms with van der Waals surface area (Å²) in [5.74, 6) is 0.999. The van der Waals surface area contributed by atoms with Gasteiger partial charge in [0.1, 0.15) is 17.4 Å². The lowest BCUT2D eigenvalue weighted by molar-refractivity contribution is 0.346. The van der Waals surface area contributed by atoms with Gasteiger partial charge in [0.15, 0.2) is 17.2 Å². The van der Waals surface area contributed by atoms with Gasteiger partial charge in [-0.2, -0.15) is 5.26 Å². The molecule has 5 rings (SSSR count). The lowest BCUT2D eigenvalue weighted by atomic mass is 9.81. The molecule has 170 valence electrons. The topological polar surface area (TPSA) is 139 Å². The first-order chi connectivity index (χ1) is 16.5. The van der Waals surface area contributed by atoms with E-state index in [9.17, 15) is 5.26 Å². The van der Waals surface area contributed by atoms with Crippen molar-refractivity contribution in [2.45, 2.75) is 5.92 Å². The number of aromatic nitrogens is 2. The largest absolute Gasteiger partial charge is 0.496 e. The molecule has 9 nitrogen and oxygen atoms in total. The van der Waals surface area contributed by atoms with Crippen LogP contribution < -0.4 is 30.4 Å². The Morgan fingerprint density at radius 2 is 1.53 bits per heavy atom. The molecule has 1 aliphatic heterocycles. The Bertz CT molecular complexity index is 1540. The molecule has 0 saturated carbocycles. The zero-order valence-electron chi connectivity index (χ0n) is 18.7. The molecule has 1 aromatic heterocycles. The first-order valence-electron chi connectivity index (χ1n) is 10.4. The highest BCUT2D eigenvalue weighted by Gasteiger charge is 2.37. The maximum atomic E-state index is 10.1. The van der Waals surface area contributed by atoms with E-state index < -0.39 is 5.92 Å². The van der Waals surface area contributed by atoms with Crippen molar-refractivity contribution in [3.8, 4) is 29.1 Å². The SMILES string of the molecule is COc1cc(OC)c(C2C(C#N)=C(N)Oc3c(N)cc4nc5ccccc5nc4c32)cc1OC. The van der Waals surface area contributed by atoms with Crippen molar-refractivity contribution >= 4 is 27.8 Å². The molecule has 0 fully saturated rings. The van der Waals surface area contributed by atoms with Crippen LogP contribution in [0.2, 0.25) is 0 Å². The van der Waals surface area contributed by atoms with Crippen molar-refractivity contribution in [2.24, 2.45) is 5.73 Å². The number of hydrogen-bond acceptors (Lipinski definition) is 9. The van der Waals surface area contributed by atoms with E-state index in [0.717, 1.165) is 5.52 Å². The van der Waals surface area contributed by atoms with Crippen LogP contribution in [0.25, 0.3) is 22.1 Å². The molecule has 0 radical (unpaired) electrons. The Kier molecular flexibility index (Phi) is 4.98. The lowest BCUT2D eigenvalue weighted by Crippen LogP contribution is -2.23. The maximum absolute atomic E-state index is 10.1. The van der Waals surface area contributed by atoms with Crippen LogP contribution in [-0.4, -0.2) is 31.3 Å². The molecule has 1 atom stereocenters. The van der Waals surface area contributed by atoms with E-state index in [2.05, 4.69) is 6.07 Å². The molecule has 34 heavy (non-hydrogen) atoms. The molecule has 0 aliphatic carbocycles. The predicted molar refractivity (Wildman–Crippen MR) is 127 cm³/mol. The van der Waals surface area contributed by atoms with Crippen LogP contribution in [0.3, 0.4) is 0 Å². The Labute approximate surface area is 195 Å². The molecule has 0 spiro atoms. The summed E-state index contributed by atoms with van der Waals surface area (Å²) in [5.41, 5.74) is 16.8. The van der Waals surface area contributed by atoms with Crippen molar-refractivity contribution in [3.05, 3.63) is 65.0 Å². The molecule has 1 aliphatic rings. The second-order valence-corrected chi connectivity index (χ2v) is 7.66. The first kappa shape index (κ1) is 21.2. The fourth-order valence-corrected chi connectivity index (χ4v) is 4.33. The van der Waals surface area contributed by atoms with Crippen molar-refractivity contribution < 1.29 is 18.9 Å². The van der Waals surface area contributed by atoms with E-state index in [1.165, 1.54) is 21.3 Å². The quantitative estimate of drug-likeness (QED) is 0.349.